The van der Waals surface area contributed by atoms with Crippen LogP contribution in [-0.4, -0.2) is 96.2 Å². The fourth-order valence-corrected chi connectivity index (χ4v) is 6.80. The Kier molecular flexibility index (Phi) is 12.6. The highest BCUT2D eigenvalue weighted by Crippen LogP contribution is 2.32. The van der Waals surface area contributed by atoms with E-state index in [0.29, 0.717) is 32.2 Å². The van der Waals surface area contributed by atoms with Gasteiger partial charge in [-0.1, -0.05) is 91.9 Å². The summed E-state index contributed by atoms with van der Waals surface area (Å²) in [6.07, 6.45) is 3.06. The second-order valence-electron chi connectivity index (χ2n) is 12.6. The van der Waals surface area contributed by atoms with Crippen molar-refractivity contribution in [1.82, 2.24) is 25.1 Å². The number of amides is 4. The molecule has 2 fully saturated rings. The molecule has 0 saturated carbocycles. The summed E-state index contributed by atoms with van der Waals surface area (Å²) >= 11 is 0. The molecular formula is C39H47N5O6. The highest BCUT2D eigenvalue weighted by atomic mass is 16.5. The summed E-state index contributed by atoms with van der Waals surface area (Å²) in [6, 6.07) is 26.8. The number of piperazine rings is 1. The van der Waals surface area contributed by atoms with Gasteiger partial charge < -0.3 is 24.6 Å². The van der Waals surface area contributed by atoms with Crippen molar-refractivity contribution in [3.63, 3.8) is 0 Å². The number of urea groups is 1. The molecule has 0 bridgehead atoms. The van der Waals surface area contributed by atoms with E-state index in [4.69, 9.17) is 9.47 Å². The van der Waals surface area contributed by atoms with Gasteiger partial charge in [0.05, 0.1) is 20.2 Å². The van der Waals surface area contributed by atoms with Crippen molar-refractivity contribution in [2.45, 2.75) is 56.8 Å². The van der Waals surface area contributed by atoms with E-state index < -0.39 is 12.2 Å². The molecular weight excluding hydrogens is 634 g/mol. The molecule has 0 aromatic heterocycles. The average Bonchev–Trinajstić information content (AvgIpc) is 3.13. The Morgan fingerprint density at radius 3 is 2.24 bits per heavy atom. The molecule has 2 heterocycles. The number of likely N-dealkylation sites (N-methyl/N-ethyl adjacent to an activating group) is 1. The lowest BCUT2D eigenvalue weighted by Crippen LogP contribution is -2.76. The largest absolute Gasteiger partial charge is 0.497 e. The van der Waals surface area contributed by atoms with E-state index in [9.17, 15) is 19.2 Å². The van der Waals surface area contributed by atoms with Gasteiger partial charge in [-0.3, -0.25) is 14.4 Å². The van der Waals surface area contributed by atoms with Gasteiger partial charge in [-0.15, -0.1) is 0 Å². The SMILES string of the molecule is C=CCOC(=O)CCCC[C@H]1C(=O)N(CCC(c2ccccc2)c2ccccc2)C[C@H]2N1C(=O)CN(C)N2C(=O)NCc1ccc(OC)cc1. The highest BCUT2D eigenvalue weighted by Gasteiger charge is 2.50. The van der Waals surface area contributed by atoms with Crippen LogP contribution >= 0.6 is 0 Å². The van der Waals surface area contributed by atoms with Gasteiger partial charge in [-0.25, -0.2) is 14.8 Å². The quantitative estimate of drug-likeness (QED) is 0.137. The fourth-order valence-electron chi connectivity index (χ4n) is 6.80. The first kappa shape index (κ1) is 36.1. The molecule has 264 valence electrons. The maximum absolute atomic E-state index is 14.3. The minimum atomic E-state index is -0.775. The molecule has 3 aromatic carbocycles. The van der Waals surface area contributed by atoms with E-state index in [1.165, 1.54) is 6.08 Å². The van der Waals surface area contributed by atoms with Crippen LogP contribution in [0.1, 0.15) is 54.7 Å². The number of hydrogen-bond donors (Lipinski definition) is 1. The molecule has 2 aliphatic heterocycles. The standard InChI is InChI=1S/C39H47N5O6/c1-4-25-50-37(46)18-12-11-17-34-38(47)42(24-23-33(30-13-7-5-8-14-30)31-15-9-6-10-16-31)27-35-43(34)36(45)28-41(2)44(35)39(48)40-26-29-19-21-32(49-3)22-20-29/h4-10,13-16,19-22,33-35H,1,11-12,17-18,23-28H2,2-3H3,(H,40,48)/t34-,35-/m0/s1. The predicted octanol–water partition coefficient (Wildman–Crippen LogP) is 4.94. The lowest BCUT2D eigenvalue weighted by atomic mass is 9.88. The first-order chi connectivity index (χ1) is 24.3. The number of rotatable bonds is 15. The third-order valence-electron chi connectivity index (χ3n) is 9.31. The Labute approximate surface area is 294 Å². The molecule has 2 aliphatic rings. The zero-order valence-electron chi connectivity index (χ0n) is 28.9. The van der Waals surface area contributed by atoms with Crippen LogP contribution in [0, 0.1) is 0 Å². The molecule has 5 rings (SSSR count). The van der Waals surface area contributed by atoms with Gasteiger partial charge in [0, 0.05) is 32.5 Å². The van der Waals surface area contributed by atoms with Gasteiger partial charge >= 0.3 is 12.0 Å². The van der Waals surface area contributed by atoms with Crippen LogP contribution in [0.4, 0.5) is 4.79 Å². The molecule has 0 spiro atoms. The number of carbonyl (C=O) groups is 4. The second kappa shape index (κ2) is 17.5. The zero-order chi connectivity index (χ0) is 35.5. The number of esters is 1. The Balaban J connectivity index is 1.37. The van der Waals surface area contributed by atoms with Gasteiger partial charge in [0.15, 0.2) is 0 Å². The summed E-state index contributed by atoms with van der Waals surface area (Å²) < 4.78 is 10.4. The van der Waals surface area contributed by atoms with Crippen molar-refractivity contribution in [1.29, 1.82) is 0 Å². The van der Waals surface area contributed by atoms with E-state index in [1.807, 2.05) is 60.7 Å². The maximum Gasteiger partial charge on any atom is 0.334 e. The minimum absolute atomic E-state index is 0.0443. The number of nitrogens with zero attached hydrogens (tertiary/aromatic N) is 4. The lowest BCUT2D eigenvalue weighted by molar-refractivity contribution is -0.187. The van der Waals surface area contributed by atoms with Crippen LogP contribution in [0.2, 0.25) is 0 Å². The van der Waals surface area contributed by atoms with E-state index >= 15 is 0 Å². The number of benzene rings is 3. The number of carbonyl (C=O) groups excluding carboxylic acids is 4. The molecule has 4 amide bonds. The Hall–Kier alpha value is -5.16. The Morgan fingerprint density at radius 2 is 1.62 bits per heavy atom. The number of hydrazine groups is 1. The molecule has 0 radical (unpaired) electrons. The highest BCUT2D eigenvalue weighted by molar-refractivity contribution is 5.91. The van der Waals surface area contributed by atoms with Crippen molar-refractivity contribution in [2.24, 2.45) is 0 Å². The summed E-state index contributed by atoms with van der Waals surface area (Å²) in [5.74, 6) is 0.0715. The lowest BCUT2D eigenvalue weighted by Gasteiger charge is -2.54. The number of methoxy groups -OCH3 is 1. The van der Waals surface area contributed by atoms with Crippen molar-refractivity contribution >= 4 is 23.8 Å². The summed E-state index contributed by atoms with van der Waals surface area (Å²) in [6.45, 7) is 4.55. The first-order valence-corrected chi connectivity index (χ1v) is 17.2. The van der Waals surface area contributed by atoms with Crippen LogP contribution in [0.3, 0.4) is 0 Å². The van der Waals surface area contributed by atoms with Crippen molar-refractivity contribution in [3.8, 4) is 5.75 Å². The smallest absolute Gasteiger partial charge is 0.334 e. The predicted molar refractivity (Wildman–Crippen MR) is 190 cm³/mol. The summed E-state index contributed by atoms with van der Waals surface area (Å²) in [4.78, 5) is 57.3. The molecule has 0 aliphatic carbocycles. The second-order valence-corrected chi connectivity index (χ2v) is 12.6. The van der Waals surface area contributed by atoms with E-state index in [2.05, 4.69) is 36.2 Å². The zero-order valence-corrected chi connectivity index (χ0v) is 28.9. The third kappa shape index (κ3) is 8.89. The molecule has 0 unspecified atom stereocenters. The fraction of sp³-hybridized carbons (Fsp3) is 0.385. The van der Waals surface area contributed by atoms with Crippen LogP contribution in [0.25, 0.3) is 0 Å². The molecule has 50 heavy (non-hydrogen) atoms. The summed E-state index contributed by atoms with van der Waals surface area (Å²) in [7, 11) is 3.32. The van der Waals surface area contributed by atoms with Crippen LogP contribution in [0.15, 0.2) is 97.6 Å². The van der Waals surface area contributed by atoms with E-state index in [-0.39, 0.29) is 62.4 Å². The number of fused-ring (bicyclic) bond motifs is 1. The molecule has 1 N–H and O–H groups in total. The van der Waals surface area contributed by atoms with Crippen molar-refractivity contribution < 1.29 is 28.7 Å². The number of nitrogens with one attached hydrogen (secondary N) is 1. The van der Waals surface area contributed by atoms with Crippen molar-refractivity contribution in [2.75, 3.05) is 40.4 Å². The molecule has 3 aromatic rings. The molecule has 2 atom stereocenters. The van der Waals surface area contributed by atoms with Gasteiger partial charge in [0.1, 0.15) is 24.6 Å². The van der Waals surface area contributed by atoms with E-state index in [1.54, 1.807) is 34.0 Å². The normalized spacial score (nSPS) is 17.8. The summed E-state index contributed by atoms with van der Waals surface area (Å²) in [5.41, 5.74) is 3.19. The molecule has 11 heteroatoms. The van der Waals surface area contributed by atoms with Crippen molar-refractivity contribution in [3.05, 3.63) is 114 Å². The van der Waals surface area contributed by atoms with Crippen LogP contribution in [0.5, 0.6) is 5.75 Å². The number of ether oxygens (including phenoxy) is 2. The van der Waals surface area contributed by atoms with Crippen LogP contribution in [-0.2, 0) is 25.7 Å². The van der Waals surface area contributed by atoms with E-state index in [0.717, 1.165) is 22.4 Å². The molecule has 11 nitrogen and oxygen atoms in total. The van der Waals surface area contributed by atoms with Gasteiger partial charge in [0.25, 0.3) is 0 Å². The van der Waals surface area contributed by atoms with Gasteiger partial charge in [0.2, 0.25) is 11.8 Å². The topological polar surface area (TPSA) is 112 Å². The number of unbranched alkanes of at least 4 members (excludes halogenated alkanes) is 1. The third-order valence-corrected chi connectivity index (χ3v) is 9.31. The Morgan fingerprint density at radius 1 is 0.960 bits per heavy atom. The number of hydrogen-bond acceptors (Lipinski definition) is 7. The Bertz CT molecular complexity index is 1560. The van der Waals surface area contributed by atoms with Gasteiger partial charge in [-0.05, 0) is 48.1 Å². The van der Waals surface area contributed by atoms with Crippen LogP contribution < -0.4 is 10.1 Å². The summed E-state index contributed by atoms with van der Waals surface area (Å²) in [5, 5.41) is 6.20. The first-order valence-electron chi connectivity index (χ1n) is 17.2. The van der Waals surface area contributed by atoms with Gasteiger partial charge in [-0.2, -0.15) is 0 Å². The minimum Gasteiger partial charge on any atom is -0.497 e. The maximum atomic E-state index is 14.3. The average molecular weight is 682 g/mol. The monoisotopic (exact) mass is 681 g/mol. The molecule has 2 saturated heterocycles.